The molecule has 1 aliphatic rings. The molecule has 0 unspecified atom stereocenters. The first kappa shape index (κ1) is 12.3. The Hall–Kier alpha value is -1.12. The molecule has 2 N–H and O–H groups in total. The van der Waals surface area contributed by atoms with Crippen molar-refractivity contribution in [3.05, 3.63) is 42.0 Å². The molecule has 0 aliphatic heterocycles. The fourth-order valence-electron chi connectivity index (χ4n) is 2.11. The molecule has 0 saturated heterocycles. The third-order valence-corrected chi connectivity index (χ3v) is 3.47. The van der Waals surface area contributed by atoms with Crippen molar-refractivity contribution in [3.63, 3.8) is 0 Å². The van der Waals surface area contributed by atoms with Crippen LogP contribution >= 0.6 is 0 Å². The second-order valence-corrected chi connectivity index (χ2v) is 4.92. The van der Waals surface area contributed by atoms with Crippen molar-refractivity contribution in [2.24, 2.45) is 5.41 Å². The highest BCUT2D eigenvalue weighted by atomic mass is 16.3. The minimum absolute atomic E-state index is 0.321. The Labute approximate surface area is 103 Å². The lowest BCUT2D eigenvalue weighted by atomic mass is 10.0. The van der Waals surface area contributed by atoms with Crippen molar-refractivity contribution in [2.75, 3.05) is 19.7 Å². The first-order valence-corrected chi connectivity index (χ1v) is 6.38. The van der Waals surface area contributed by atoms with E-state index in [-0.39, 0.29) is 0 Å². The van der Waals surface area contributed by atoms with Crippen LogP contribution in [0.5, 0.6) is 0 Å². The lowest BCUT2D eigenvalue weighted by molar-refractivity contribution is 0.246. The number of aliphatic hydroxyl groups is 1. The Morgan fingerprint density at radius 3 is 2.65 bits per heavy atom. The summed E-state index contributed by atoms with van der Waals surface area (Å²) in [6.07, 6.45) is 7.78. The van der Waals surface area contributed by atoms with Crippen LogP contribution in [0.3, 0.4) is 0 Å². The Morgan fingerprint density at radius 1 is 1.24 bits per heavy atom. The van der Waals surface area contributed by atoms with Crippen molar-refractivity contribution in [3.8, 4) is 0 Å². The van der Waals surface area contributed by atoms with Crippen LogP contribution < -0.4 is 5.32 Å². The van der Waals surface area contributed by atoms with E-state index in [1.807, 2.05) is 18.2 Å². The van der Waals surface area contributed by atoms with Crippen LogP contribution in [0.15, 0.2) is 36.4 Å². The molecule has 1 aromatic rings. The Balaban J connectivity index is 1.65. The summed E-state index contributed by atoms with van der Waals surface area (Å²) >= 11 is 0. The highest BCUT2D eigenvalue weighted by Crippen LogP contribution is 2.47. The SMILES string of the molecule is OCCC1(CNC/C=C/c2ccccc2)CC1. The summed E-state index contributed by atoms with van der Waals surface area (Å²) < 4.78 is 0. The molecule has 1 aliphatic carbocycles. The molecule has 2 heteroatoms. The van der Waals surface area contributed by atoms with Gasteiger partial charge in [-0.3, -0.25) is 0 Å². The fourth-order valence-corrected chi connectivity index (χ4v) is 2.11. The average Bonchev–Trinajstić information content (AvgIpc) is 3.11. The highest BCUT2D eigenvalue weighted by Gasteiger charge is 2.40. The van der Waals surface area contributed by atoms with Gasteiger partial charge in [-0.2, -0.15) is 0 Å². The molecule has 1 saturated carbocycles. The third-order valence-electron chi connectivity index (χ3n) is 3.47. The van der Waals surface area contributed by atoms with Crippen molar-refractivity contribution >= 4 is 6.08 Å². The van der Waals surface area contributed by atoms with Crippen LogP contribution in [0.4, 0.5) is 0 Å². The van der Waals surface area contributed by atoms with Crippen LogP contribution in [-0.2, 0) is 0 Å². The first-order valence-electron chi connectivity index (χ1n) is 6.38. The fraction of sp³-hybridized carbons (Fsp3) is 0.467. The van der Waals surface area contributed by atoms with E-state index in [0.717, 1.165) is 19.5 Å². The molecule has 0 bridgehead atoms. The summed E-state index contributed by atoms with van der Waals surface area (Å²) in [5.41, 5.74) is 1.65. The maximum atomic E-state index is 8.95. The zero-order chi connectivity index (χ0) is 12.0. The van der Waals surface area contributed by atoms with Gasteiger partial charge in [-0.1, -0.05) is 42.5 Å². The molecule has 1 aromatic carbocycles. The largest absolute Gasteiger partial charge is 0.396 e. The van der Waals surface area contributed by atoms with E-state index < -0.39 is 0 Å². The second-order valence-electron chi connectivity index (χ2n) is 4.92. The normalized spacial score (nSPS) is 17.5. The van der Waals surface area contributed by atoms with Crippen LogP contribution in [-0.4, -0.2) is 24.8 Å². The molecule has 2 rings (SSSR count). The maximum Gasteiger partial charge on any atom is 0.0436 e. The quantitative estimate of drug-likeness (QED) is 0.706. The zero-order valence-corrected chi connectivity index (χ0v) is 10.2. The molecule has 1 fully saturated rings. The summed E-state index contributed by atoms with van der Waals surface area (Å²) in [5, 5.41) is 12.4. The Kier molecular flexibility index (Phi) is 4.35. The standard InChI is InChI=1S/C15H21NO/c17-12-10-15(8-9-15)13-16-11-4-7-14-5-2-1-3-6-14/h1-7,16-17H,8-13H2/b7-4+. The molecule has 0 aromatic heterocycles. The molecule has 17 heavy (non-hydrogen) atoms. The number of hydrogen-bond donors (Lipinski definition) is 2. The minimum atomic E-state index is 0.321. The zero-order valence-electron chi connectivity index (χ0n) is 10.2. The number of rotatable bonds is 7. The topological polar surface area (TPSA) is 32.3 Å². The minimum Gasteiger partial charge on any atom is -0.396 e. The lowest BCUT2D eigenvalue weighted by Gasteiger charge is -2.13. The molecule has 0 radical (unpaired) electrons. The first-order chi connectivity index (χ1) is 8.35. The maximum absolute atomic E-state index is 8.95. The summed E-state index contributed by atoms with van der Waals surface area (Å²) in [6.45, 7) is 2.26. The highest BCUT2D eigenvalue weighted by molar-refractivity contribution is 5.48. The average molecular weight is 231 g/mol. The summed E-state index contributed by atoms with van der Waals surface area (Å²) in [5.74, 6) is 0. The lowest BCUT2D eigenvalue weighted by Crippen LogP contribution is -2.24. The number of hydrogen-bond acceptors (Lipinski definition) is 2. The van der Waals surface area contributed by atoms with E-state index in [0.29, 0.717) is 12.0 Å². The Morgan fingerprint density at radius 2 is 2.00 bits per heavy atom. The van der Waals surface area contributed by atoms with Gasteiger partial charge >= 0.3 is 0 Å². The molecule has 0 spiro atoms. The van der Waals surface area contributed by atoms with E-state index in [9.17, 15) is 0 Å². The van der Waals surface area contributed by atoms with E-state index >= 15 is 0 Å². The predicted molar refractivity (Wildman–Crippen MR) is 71.7 cm³/mol. The number of nitrogens with one attached hydrogen (secondary N) is 1. The molecular weight excluding hydrogens is 210 g/mol. The van der Waals surface area contributed by atoms with Gasteiger partial charge in [0.15, 0.2) is 0 Å². The molecule has 0 heterocycles. The van der Waals surface area contributed by atoms with Gasteiger partial charge < -0.3 is 10.4 Å². The number of aliphatic hydroxyl groups excluding tert-OH is 1. The second kappa shape index (κ2) is 5.99. The molecule has 0 atom stereocenters. The van der Waals surface area contributed by atoms with Crippen LogP contribution in [0.25, 0.3) is 6.08 Å². The predicted octanol–water partition coefficient (Wildman–Crippen LogP) is 2.45. The van der Waals surface area contributed by atoms with E-state index in [4.69, 9.17) is 5.11 Å². The van der Waals surface area contributed by atoms with E-state index in [2.05, 4.69) is 29.6 Å². The molecular formula is C15H21NO. The van der Waals surface area contributed by atoms with Gasteiger partial charge in [0, 0.05) is 19.7 Å². The van der Waals surface area contributed by atoms with Gasteiger partial charge in [0.1, 0.15) is 0 Å². The van der Waals surface area contributed by atoms with Crippen molar-refractivity contribution in [2.45, 2.75) is 19.3 Å². The van der Waals surface area contributed by atoms with Crippen molar-refractivity contribution in [1.82, 2.24) is 5.32 Å². The summed E-state index contributed by atoms with van der Waals surface area (Å²) in [4.78, 5) is 0. The van der Waals surface area contributed by atoms with Crippen molar-refractivity contribution in [1.29, 1.82) is 0 Å². The van der Waals surface area contributed by atoms with Crippen LogP contribution in [0.1, 0.15) is 24.8 Å². The van der Waals surface area contributed by atoms with E-state index in [1.165, 1.54) is 18.4 Å². The van der Waals surface area contributed by atoms with Crippen molar-refractivity contribution < 1.29 is 5.11 Å². The Bertz CT molecular complexity index is 354. The summed E-state index contributed by atoms with van der Waals surface area (Å²) in [7, 11) is 0. The summed E-state index contributed by atoms with van der Waals surface area (Å²) in [6, 6.07) is 10.3. The monoisotopic (exact) mass is 231 g/mol. The number of benzene rings is 1. The third kappa shape index (κ3) is 3.99. The van der Waals surface area contributed by atoms with Gasteiger partial charge in [0.25, 0.3) is 0 Å². The van der Waals surface area contributed by atoms with Crippen LogP contribution in [0, 0.1) is 5.41 Å². The molecule has 92 valence electrons. The van der Waals surface area contributed by atoms with Gasteiger partial charge in [-0.05, 0) is 30.2 Å². The molecule has 2 nitrogen and oxygen atoms in total. The van der Waals surface area contributed by atoms with Gasteiger partial charge in [-0.25, -0.2) is 0 Å². The smallest absolute Gasteiger partial charge is 0.0436 e. The van der Waals surface area contributed by atoms with Gasteiger partial charge in [0.2, 0.25) is 0 Å². The molecule has 0 amide bonds. The van der Waals surface area contributed by atoms with Gasteiger partial charge in [0.05, 0.1) is 0 Å². The van der Waals surface area contributed by atoms with Crippen LogP contribution in [0.2, 0.25) is 0 Å². The van der Waals surface area contributed by atoms with E-state index in [1.54, 1.807) is 0 Å². The van der Waals surface area contributed by atoms with Gasteiger partial charge in [-0.15, -0.1) is 0 Å².